The maximum absolute atomic E-state index is 12.8. The summed E-state index contributed by atoms with van der Waals surface area (Å²) in [4.78, 5) is 28.6. The van der Waals surface area contributed by atoms with Crippen LogP contribution in [0.4, 0.5) is 4.79 Å². The molecule has 1 heterocycles. The first-order chi connectivity index (χ1) is 14.3. The molecule has 2 fully saturated rings. The summed E-state index contributed by atoms with van der Waals surface area (Å²) in [7, 11) is -1.87. The standard InChI is InChI=1S/C24H46N2O4Si/c1-17(2)31(18(3)4,19(5)6)30-21-12-10-20(11-13-21)26-15-14-25(16-22(26)27)23(28)29-24(7,8)9/h17-21H,10-16H2,1-9H3. The first-order valence-electron chi connectivity index (χ1n) is 12.2. The van der Waals surface area contributed by atoms with Gasteiger partial charge >= 0.3 is 6.09 Å². The molecule has 2 rings (SSSR count). The lowest BCUT2D eigenvalue weighted by Gasteiger charge is -2.47. The minimum absolute atomic E-state index is 0.0386. The number of piperazine rings is 1. The van der Waals surface area contributed by atoms with E-state index < -0.39 is 20.0 Å². The van der Waals surface area contributed by atoms with Crippen molar-refractivity contribution in [3.8, 4) is 0 Å². The first-order valence-corrected chi connectivity index (χ1v) is 14.4. The van der Waals surface area contributed by atoms with Crippen LogP contribution in [-0.2, 0) is 14.0 Å². The van der Waals surface area contributed by atoms with Gasteiger partial charge in [0.2, 0.25) is 14.2 Å². The lowest BCUT2D eigenvalue weighted by atomic mass is 9.91. The monoisotopic (exact) mass is 454 g/mol. The Bertz CT molecular complexity index is 600. The Labute approximate surface area is 191 Å². The van der Waals surface area contributed by atoms with Crippen molar-refractivity contribution in [2.75, 3.05) is 19.6 Å². The van der Waals surface area contributed by atoms with E-state index >= 15 is 0 Å². The highest BCUT2D eigenvalue weighted by Gasteiger charge is 2.47. The zero-order chi connectivity index (χ0) is 23.6. The Balaban J connectivity index is 1.92. The van der Waals surface area contributed by atoms with E-state index in [9.17, 15) is 9.59 Å². The highest BCUT2D eigenvalue weighted by molar-refractivity contribution is 6.77. The van der Waals surface area contributed by atoms with Gasteiger partial charge in [0.15, 0.2) is 0 Å². The van der Waals surface area contributed by atoms with Crippen molar-refractivity contribution >= 4 is 20.3 Å². The van der Waals surface area contributed by atoms with Crippen LogP contribution in [0, 0.1) is 0 Å². The van der Waals surface area contributed by atoms with Gasteiger partial charge in [-0.3, -0.25) is 9.69 Å². The van der Waals surface area contributed by atoms with Gasteiger partial charge in [0.05, 0.1) is 0 Å². The maximum atomic E-state index is 12.8. The summed E-state index contributed by atoms with van der Waals surface area (Å²) in [6.07, 6.45) is 3.93. The minimum atomic E-state index is -1.87. The molecule has 2 aliphatic rings. The van der Waals surface area contributed by atoms with Gasteiger partial charge in [-0.2, -0.15) is 0 Å². The van der Waals surface area contributed by atoms with Crippen molar-refractivity contribution < 1.29 is 18.8 Å². The van der Waals surface area contributed by atoms with E-state index in [0.29, 0.717) is 35.8 Å². The summed E-state index contributed by atoms with van der Waals surface area (Å²) in [6, 6.07) is 0.265. The summed E-state index contributed by atoms with van der Waals surface area (Å²) in [5, 5.41) is 0. The Kier molecular flexibility index (Phi) is 8.64. The van der Waals surface area contributed by atoms with Gasteiger partial charge in [0.1, 0.15) is 12.1 Å². The lowest BCUT2D eigenvalue weighted by molar-refractivity contribution is -0.139. The van der Waals surface area contributed by atoms with Gasteiger partial charge < -0.3 is 14.1 Å². The summed E-state index contributed by atoms with van der Waals surface area (Å²) < 4.78 is 12.4. The summed E-state index contributed by atoms with van der Waals surface area (Å²) in [5.74, 6) is 0.0386. The maximum Gasteiger partial charge on any atom is 0.410 e. The van der Waals surface area contributed by atoms with Gasteiger partial charge in [-0.1, -0.05) is 41.5 Å². The molecule has 0 aromatic heterocycles. The molecule has 1 saturated heterocycles. The van der Waals surface area contributed by atoms with Gasteiger partial charge in [-0.05, 0) is 63.1 Å². The van der Waals surface area contributed by atoms with E-state index in [1.807, 2.05) is 25.7 Å². The molecule has 0 spiro atoms. The molecule has 6 nitrogen and oxygen atoms in total. The molecule has 0 atom stereocenters. The van der Waals surface area contributed by atoms with E-state index in [0.717, 1.165) is 25.7 Å². The second kappa shape index (κ2) is 10.2. The van der Waals surface area contributed by atoms with Crippen LogP contribution in [0.15, 0.2) is 0 Å². The smallest absolute Gasteiger partial charge is 0.410 e. The Morgan fingerprint density at radius 1 is 0.935 bits per heavy atom. The van der Waals surface area contributed by atoms with Crippen LogP contribution in [0.3, 0.4) is 0 Å². The van der Waals surface area contributed by atoms with E-state index in [1.54, 1.807) is 0 Å². The van der Waals surface area contributed by atoms with Crippen molar-refractivity contribution in [1.29, 1.82) is 0 Å². The van der Waals surface area contributed by atoms with Gasteiger partial charge in [0, 0.05) is 25.2 Å². The van der Waals surface area contributed by atoms with Gasteiger partial charge in [-0.15, -0.1) is 0 Å². The molecular formula is C24H46N2O4Si. The van der Waals surface area contributed by atoms with Gasteiger partial charge in [0.25, 0.3) is 0 Å². The van der Waals surface area contributed by atoms with Crippen molar-refractivity contribution in [2.45, 2.75) is 122 Å². The predicted molar refractivity (Wildman–Crippen MR) is 128 cm³/mol. The molecule has 0 aromatic carbocycles. The third-order valence-electron chi connectivity index (χ3n) is 7.07. The van der Waals surface area contributed by atoms with Crippen molar-refractivity contribution in [1.82, 2.24) is 9.80 Å². The number of hydrogen-bond donors (Lipinski definition) is 0. The lowest BCUT2D eigenvalue weighted by Crippen LogP contribution is -2.57. The second-order valence-electron chi connectivity index (χ2n) is 11.4. The Hall–Kier alpha value is -1.08. The molecule has 31 heavy (non-hydrogen) atoms. The summed E-state index contributed by atoms with van der Waals surface area (Å²) in [5.41, 5.74) is 1.23. The fourth-order valence-electron chi connectivity index (χ4n) is 5.73. The Morgan fingerprint density at radius 3 is 1.87 bits per heavy atom. The number of rotatable bonds is 6. The van der Waals surface area contributed by atoms with E-state index in [-0.39, 0.29) is 18.5 Å². The number of ether oxygens (including phenoxy) is 1. The molecule has 0 radical (unpaired) electrons. The highest BCUT2D eigenvalue weighted by atomic mass is 28.4. The normalized spacial score (nSPS) is 23.8. The van der Waals surface area contributed by atoms with Crippen molar-refractivity contribution in [3.05, 3.63) is 0 Å². The number of hydrogen-bond acceptors (Lipinski definition) is 4. The molecule has 0 N–H and O–H groups in total. The molecule has 1 aliphatic heterocycles. The summed E-state index contributed by atoms with van der Waals surface area (Å²) in [6.45, 7) is 20.8. The largest absolute Gasteiger partial charge is 0.444 e. The quantitative estimate of drug-likeness (QED) is 0.492. The second-order valence-corrected chi connectivity index (χ2v) is 16.8. The van der Waals surface area contributed by atoms with E-state index in [1.165, 1.54) is 4.90 Å². The fourth-order valence-corrected chi connectivity index (χ4v) is 11.4. The molecule has 1 saturated carbocycles. The topological polar surface area (TPSA) is 59.1 Å². The first kappa shape index (κ1) is 26.2. The molecule has 0 bridgehead atoms. The molecule has 0 aromatic rings. The van der Waals surface area contributed by atoms with E-state index in [2.05, 4.69) is 41.5 Å². The third kappa shape index (κ3) is 6.25. The molecule has 2 amide bonds. The fraction of sp³-hybridized carbons (Fsp3) is 0.917. The van der Waals surface area contributed by atoms with Crippen LogP contribution < -0.4 is 0 Å². The molecule has 0 unspecified atom stereocenters. The highest BCUT2D eigenvalue weighted by Crippen LogP contribution is 2.44. The number of nitrogens with zero attached hydrogens (tertiary/aromatic N) is 2. The minimum Gasteiger partial charge on any atom is -0.444 e. The summed E-state index contributed by atoms with van der Waals surface area (Å²) >= 11 is 0. The molecule has 180 valence electrons. The zero-order valence-corrected chi connectivity index (χ0v) is 22.4. The molecular weight excluding hydrogens is 408 g/mol. The number of amides is 2. The van der Waals surface area contributed by atoms with Gasteiger partial charge in [-0.25, -0.2) is 4.79 Å². The van der Waals surface area contributed by atoms with Crippen molar-refractivity contribution in [3.63, 3.8) is 0 Å². The van der Waals surface area contributed by atoms with Crippen LogP contribution >= 0.6 is 0 Å². The average molecular weight is 455 g/mol. The van der Waals surface area contributed by atoms with E-state index in [4.69, 9.17) is 9.16 Å². The molecule has 7 heteroatoms. The Morgan fingerprint density at radius 2 is 1.45 bits per heavy atom. The van der Waals surface area contributed by atoms with Crippen LogP contribution in [0.2, 0.25) is 16.6 Å². The third-order valence-corrected chi connectivity index (χ3v) is 13.2. The SMILES string of the molecule is CC(C)[Si](OC1CCC(N2CCN(C(=O)OC(C)(C)C)CC2=O)CC1)(C(C)C)C(C)C. The average Bonchev–Trinajstić information content (AvgIpc) is 2.64. The number of carbonyl (C=O) groups is 2. The van der Waals surface area contributed by atoms with Crippen LogP contribution in [0.25, 0.3) is 0 Å². The van der Waals surface area contributed by atoms with Crippen LogP contribution in [0.1, 0.15) is 88.0 Å². The predicted octanol–water partition coefficient (Wildman–Crippen LogP) is 5.57. The number of carbonyl (C=O) groups excluding carboxylic acids is 2. The van der Waals surface area contributed by atoms with Crippen molar-refractivity contribution in [2.24, 2.45) is 0 Å². The zero-order valence-electron chi connectivity index (χ0n) is 21.4. The van der Waals surface area contributed by atoms with Crippen LogP contribution in [0.5, 0.6) is 0 Å². The van der Waals surface area contributed by atoms with Crippen LogP contribution in [-0.4, -0.2) is 67.5 Å². The molecule has 1 aliphatic carbocycles.